The van der Waals surface area contributed by atoms with Crippen LogP contribution >= 0.6 is 11.3 Å². The molecule has 1 fully saturated rings. The summed E-state index contributed by atoms with van der Waals surface area (Å²) in [5.74, 6) is 0. The van der Waals surface area contributed by atoms with Gasteiger partial charge in [0.1, 0.15) is 0 Å². The standard InChI is InChI=1S/C12H19NO2S/c1-9-4-7-16-12(9)11(8-14)13-10-2-5-15-6-3-10/h4,7,10-11,13-14H,2-3,5-6,8H2,1H3. The van der Waals surface area contributed by atoms with Gasteiger partial charge in [0.05, 0.1) is 12.6 Å². The molecule has 0 amide bonds. The summed E-state index contributed by atoms with van der Waals surface area (Å²) in [6.45, 7) is 3.93. The van der Waals surface area contributed by atoms with Crippen molar-refractivity contribution < 1.29 is 9.84 Å². The van der Waals surface area contributed by atoms with Crippen LogP contribution in [0.1, 0.15) is 29.3 Å². The Labute approximate surface area is 100 Å². The molecule has 0 saturated carbocycles. The van der Waals surface area contributed by atoms with E-state index in [9.17, 15) is 5.11 Å². The maximum Gasteiger partial charge on any atom is 0.0654 e. The lowest BCUT2D eigenvalue weighted by Crippen LogP contribution is -2.38. The maximum absolute atomic E-state index is 9.47. The fourth-order valence-electron chi connectivity index (χ4n) is 2.10. The molecule has 0 aromatic carbocycles. The quantitative estimate of drug-likeness (QED) is 0.845. The predicted octanol–water partition coefficient (Wildman–Crippen LogP) is 1.86. The Morgan fingerprint density at radius 3 is 2.88 bits per heavy atom. The zero-order valence-corrected chi connectivity index (χ0v) is 10.4. The number of aliphatic hydroxyl groups excluding tert-OH is 1. The largest absolute Gasteiger partial charge is 0.394 e. The van der Waals surface area contributed by atoms with Crippen molar-refractivity contribution in [3.63, 3.8) is 0 Å². The van der Waals surface area contributed by atoms with Gasteiger partial charge in [-0.25, -0.2) is 0 Å². The van der Waals surface area contributed by atoms with Crippen LogP contribution in [0.25, 0.3) is 0 Å². The Hall–Kier alpha value is -0.420. The first kappa shape index (κ1) is 12.0. The molecule has 1 saturated heterocycles. The van der Waals surface area contributed by atoms with E-state index in [1.165, 1.54) is 10.4 Å². The van der Waals surface area contributed by atoms with E-state index in [-0.39, 0.29) is 12.6 Å². The first-order chi connectivity index (χ1) is 7.81. The summed E-state index contributed by atoms with van der Waals surface area (Å²) in [6.07, 6.45) is 2.09. The molecule has 0 bridgehead atoms. The van der Waals surface area contributed by atoms with Crippen molar-refractivity contribution in [2.24, 2.45) is 0 Å². The third-order valence-corrected chi connectivity index (χ3v) is 4.19. The predicted molar refractivity (Wildman–Crippen MR) is 65.9 cm³/mol. The molecule has 1 aliphatic heterocycles. The molecule has 1 aromatic heterocycles. The second-order valence-electron chi connectivity index (χ2n) is 4.26. The van der Waals surface area contributed by atoms with Gasteiger partial charge in [-0.2, -0.15) is 0 Å². The van der Waals surface area contributed by atoms with E-state index < -0.39 is 0 Å². The Kier molecular flexibility index (Phi) is 4.35. The van der Waals surface area contributed by atoms with Gasteiger partial charge in [0, 0.05) is 24.1 Å². The van der Waals surface area contributed by atoms with Gasteiger partial charge in [0.2, 0.25) is 0 Å². The minimum Gasteiger partial charge on any atom is -0.394 e. The van der Waals surface area contributed by atoms with Gasteiger partial charge in [0.25, 0.3) is 0 Å². The topological polar surface area (TPSA) is 41.5 Å². The summed E-state index contributed by atoms with van der Waals surface area (Å²) in [5.41, 5.74) is 1.27. The van der Waals surface area contributed by atoms with Gasteiger partial charge in [-0.3, -0.25) is 0 Å². The molecule has 1 unspecified atom stereocenters. The van der Waals surface area contributed by atoms with E-state index in [2.05, 4.69) is 23.7 Å². The molecule has 2 rings (SSSR count). The highest BCUT2D eigenvalue weighted by atomic mass is 32.1. The Bertz CT molecular complexity index is 321. The zero-order valence-electron chi connectivity index (χ0n) is 9.61. The molecule has 2 N–H and O–H groups in total. The summed E-state index contributed by atoms with van der Waals surface area (Å²) in [5, 5.41) is 15.1. The normalized spacial score (nSPS) is 19.9. The monoisotopic (exact) mass is 241 g/mol. The van der Waals surface area contributed by atoms with Crippen molar-refractivity contribution in [3.8, 4) is 0 Å². The first-order valence-electron chi connectivity index (χ1n) is 5.80. The van der Waals surface area contributed by atoms with E-state index in [4.69, 9.17) is 4.74 Å². The summed E-state index contributed by atoms with van der Waals surface area (Å²) in [4.78, 5) is 1.26. The van der Waals surface area contributed by atoms with Crippen LogP contribution < -0.4 is 5.32 Å². The second-order valence-corrected chi connectivity index (χ2v) is 5.20. The van der Waals surface area contributed by atoms with Crippen molar-refractivity contribution >= 4 is 11.3 Å². The fourth-order valence-corrected chi connectivity index (χ4v) is 3.08. The SMILES string of the molecule is Cc1ccsc1C(CO)NC1CCOCC1. The zero-order chi connectivity index (χ0) is 11.4. The van der Waals surface area contributed by atoms with Crippen LogP contribution in [0.4, 0.5) is 0 Å². The lowest BCUT2D eigenvalue weighted by Gasteiger charge is -2.27. The molecule has 1 aliphatic rings. The van der Waals surface area contributed by atoms with Gasteiger partial charge in [-0.15, -0.1) is 11.3 Å². The summed E-state index contributed by atoms with van der Waals surface area (Å²) in [7, 11) is 0. The minimum atomic E-state index is 0.0862. The van der Waals surface area contributed by atoms with Crippen LogP contribution in [0.15, 0.2) is 11.4 Å². The highest BCUT2D eigenvalue weighted by Gasteiger charge is 2.20. The summed E-state index contributed by atoms with van der Waals surface area (Å²) in [6, 6.07) is 2.67. The number of hydrogen-bond acceptors (Lipinski definition) is 4. The van der Waals surface area contributed by atoms with Crippen LogP contribution in [0.3, 0.4) is 0 Å². The summed E-state index contributed by atoms with van der Waals surface area (Å²) < 4.78 is 5.33. The van der Waals surface area contributed by atoms with Crippen LogP contribution in [0.5, 0.6) is 0 Å². The lowest BCUT2D eigenvalue weighted by atomic mass is 10.1. The molecule has 1 aromatic rings. The Balaban J connectivity index is 1.97. The van der Waals surface area contributed by atoms with E-state index in [0.29, 0.717) is 6.04 Å². The number of nitrogens with one attached hydrogen (secondary N) is 1. The van der Waals surface area contributed by atoms with E-state index in [0.717, 1.165) is 26.1 Å². The van der Waals surface area contributed by atoms with Crippen molar-refractivity contribution in [2.75, 3.05) is 19.8 Å². The van der Waals surface area contributed by atoms with Crippen molar-refractivity contribution in [3.05, 3.63) is 21.9 Å². The molecule has 1 atom stereocenters. The molecular formula is C12H19NO2S. The average Bonchev–Trinajstić information content (AvgIpc) is 2.74. The Morgan fingerprint density at radius 1 is 1.56 bits per heavy atom. The second kappa shape index (κ2) is 5.77. The van der Waals surface area contributed by atoms with Crippen LogP contribution in [-0.4, -0.2) is 31.0 Å². The number of aryl methyl sites for hydroxylation is 1. The number of ether oxygens (including phenoxy) is 1. The maximum atomic E-state index is 9.47. The number of rotatable bonds is 4. The minimum absolute atomic E-state index is 0.0862. The summed E-state index contributed by atoms with van der Waals surface area (Å²) >= 11 is 1.72. The Morgan fingerprint density at radius 2 is 2.31 bits per heavy atom. The number of aliphatic hydroxyl groups is 1. The highest BCUT2D eigenvalue weighted by molar-refractivity contribution is 7.10. The van der Waals surface area contributed by atoms with Crippen molar-refractivity contribution in [1.29, 1.82) is 0 Å². The van der Waals surface area contributed by atoms with Gasteiger partial charge in [-0.05, 0) is 36.8 Å². The van der Waals surface area contributed by atoms with Crippen molar-refractivity contribution in [2.45, 2.75) is 31.8 Å². The third kappa shape index (κ3) is 2.83. The van der Waals surface area contributed by atoms with Gasteiger partial charge in [0.15, 0.2) is 0 Å². The van der Waals surface area contributed by atoms with Gasteiger partial charge < -0.3 is 15.2 Å². The fraction of sp³-hybridized carbons (Fsp3) is 0.667. The van der Waals surface area contributed by atoms with E-state index >= 15 is 0 Å². The molecule has 0 spiro atoms. The molecular weight excluding hydrogens is 222 g/mol. The molecule has 3 nitrogen and oxygen atoms in total. The van der Waals surface area contributed by atoms with Gasteiger partial charge in [-0.1, -0.05) is 0 Å². The van der Waals surface area contributed by atoms with Crippen molar-refractivity contribution in [1.82, 2.24) is 5.32 Å². The molecule has 16 heavy (non-hydrogen) atoms. The smallest absolute Gasteiger partial charge is 0.0654 e. The molecule has 0 radical (unpaired) electrons. The number of hydrogen-bond donors (Lipinski definition) is 2. The van der Waals surface area contributed by atoms with Crippen LogP contribution in [0, 0.1) is 6.92 Å². The van der Waals surface area contributed by atoms with Gasteiger partial charge >= 0.3 is 0 Å². The molecule has 4 heteroatoms. The third-order valence-electron chi connectivity index (χ3n) is 3.06. The van der Waals surface area contributed by atoms with E-state index in [1.807, 2.05) is 0 Å². The lowest BCUT2D eigenvalue weighted by molar-refractivity contribution is 0.0716. The first-order valence-corrected chi connectivity index (χ1v) is 6.68. The molecule has 0 aliphatic carbocycles. The van der Waals surface area contributed by atoms with Crippen LogP contribution in [-0.2, 0) is 4.74 Å². The van der Waals surface area contributed by atoms with E-state index in [1.54, 1.807) is 11.3 Å². The van der Waals surface area contributed by atoms with Crippen LogP contribution in [0.2, 0.25) is 0 Å². The molecule has 90 valence electrons. The number of thiophene rings is 1. The highest BCUT2D eigenvalue weighted by Crippen LogP contribution is 2.25. The molecule has 2 heterocycles. The average molecular weight is 241 g/mol.